The van der Waals surface area contributed by atoms with Crippen LogP contribution in [0.5, 0.6) is 0 Å². The molecule has 3 amide bonds. The second-order valence-electron chi connectivity index (χ2n) is 9.48. The summed E-state index contributed by atoms with van der Waals surface area (Å²) in [4.78, 5) is 46.5. The molecular weight excluding hydrogens is 607 g/mol. The Bertz CT molecular complexity index is 1040. The van der Waals surface area contributed by atoms with Crippen molar-refractivity contribution in [2.24, 2.45) is 5.92 Å². The zero-order valence-electron chi connectivity index (χ0n) is 21.3. The van der Waals surface area contributed by atoms with Crippen LogP contribution in [0.25, 0.3) is 10.4 Å². The number of likely N-dealkylation sites (tertiary alicyclic amines) is 1. The zero-order chi connectivity index (χ0) is 26.2. The fourth-order valence-electron chi connectivity index (χ4n) is 4.24. The van der Waals surface area contributed by atoms with Crippen molar-refractivity contribution in [1.82, 2.24) is 18.3 Å². The van der Waals surface area contributed by atoms with Gasteiger partial charge in [0.05, 0.1) is 38.9 Å². The Morgan fingerprint density at radius 1 is 1.28 bits per heavy atom. The van der Waals surface area contributed by atoms with Gasteiger partial charge in [0.25, 0.3) is 0 Å². The van der Waals surface area contributed by atoms with Crippen LogP contribution in [0.15, 0.2) is 29.8 Å². The maximum absolute atomic E-state index is 13.5. The lowest BCUT2D eigenvalue weighted by atomic mass is 10.1. The number of amides is 3. The smallest absolute Gasteiger partial charge is 0.247 e. The molecule has 36 heavy (non-hydrogen) atoms. The molecule has 2 atom stereocenters. The normalized spacial score (nSPS) is 16.3. The van der Waals surface area contributed by atoms with E-state index in [2.05, 4.69) is 24.1 Å². The largest absolute Gasteiger partial charge is 0.350 e. The van der Waals surface area contributed by atoms with Crippen molar-refractivity contribution in [2.45, 2.75) is 65.1 Å². The summed E-state index contributed by atoms with van der Waals surface area (Å²) >= 11 is 5.13. The van der Waals surface area contributed by atoms with Gasteiger partial charge in [-0.2, -0.15) is 11.8 Å². The van der Waals surface area contributed by atoms with Gasteiger partial charge in [-0.15, -0.1) is 11.3 Å². The number of thiazole rings is 1. The molecule has 1 aliphatic heterocycles. The average Bonchev–Trinajstić information content (AvgIpc) is 3.53. The van der Waals surface area contributed by atoms with Crippen molar-refractivity contribution >= 4 is 63.7 Å². The maximum atomic E-state index is 13.5. The van der Waals surface area contributed by atoms with Gasteiger partial charge in [0, 0.05) is 25.3 Å². The van der Waals surface area contributed by atoms with Crippen molar-refractivity contribution in [1.29, 1.82) is 0 Å². The van der Waals surface area contributed by atoms with E-state index in [1.54, 1.807) is 19.4 Å². The second kappa shape index (κ2) is 13.8. The van der Waals surface area contributed by atoms with Gasteiger partial charge in [0.1, 0.15) is 12.1 Å². The molecule has 0 radical (unpaired) electrons. The molecule has 7 nitrogen and oxygen atoms in total. The molecule has 1 N–H and O–H groups in total. The average molecular weight is 643 g/mol. The molecule has 2 aromatic rings. The highest BCUT2D eigenvalue weighted by molar-refractivity contribution is 14.1. The SMILES string of the molecule is CSC[C@@H](C(=O)N1CCC[C@H]1C(=O)NCc1ccc(-c2scnc2C)cc1)N(I)C(=O)CCC(C)C. The summed E-state index contributed by atoms with van der Waals surface area (Å²) in [5.41, 5.74) is 4.97. The number of carbonyl (C=O) groups excluding carboxylic acids is 3. The Balaban J connectivity index is 1.61. The molecule has 0 bridgehead atoms. The molecule has 0 saturated carbocycles. The van der Waals surface area contributed by atoms with Crippen molar-refractivity contribution in [3.05, 3.63) is 41.0 Å². The quantitative estimate of drug-likeness (QED) is 0.274. The number of aryl methyl sites for hydroxylation is 1. The molecule has 3 rings (SSSR count). The van der Waals surface area contributed by atoms with Crippen LogP contribution in [-0.2, 0) is 20.9 Å². The molecule has 1 aromatic heterocycles. The van der Waals surface area contributed by atoms with Crippen molar-refractivity contribution in [3.8, 4) is 10.4 Å². The van der Waals surface area contributed by atoms with Crippen molar-refractivity contribution in [3.63, 3.8) is 0 Å². The summed E-state index contributed by atoms with van der Waals surface area (Å²) in [7, 11) is 0. The Morgan fingerprint density at radius 2 is 2.00 bits per heavy atom. The van der Waals surface area contributed by atoms with Gasteiger partial charge >= 0.3 is 0 Å². The Morgan fingerprint density at radius 3 is 2.61 bits per heavy atom. The first-order chi connectivity index (χ1) is 17.2. The fourth-order valence-corrected chi connectivity index (χ4v) is 6.60. The van der Waals surface area contributed by atoms with Crippen LogP contribution in [0.2, 0.25) is 0 Å². The van der Waals surface area contributed by atoms with Crippen LogP contribution in [0.3, 0.4) is 0 Å². The van der Waals surface area contributed by atoms with E-state index < -0.39 is 12.1 Å². The van der Waals surface area contributed by atoms with E-state index >= 15 is 0 Å². The third-order valence-corrected chi connectivity index (χ3v) is 9.16. The van der Waals surface area contributed by atoms with Crippen LogP contribution < -0.4 is 5.32 Å². The highest BCUT2D eigenvalue weighted by atomic mass is 127. The van der Waals surface area contributed by atoms with E-state index in [1.165, 1.54) is 11.8 Å². The van der Waals surface area contributed by atoms with Gasteiger partial charge < -0.3 is 10.2 Å². The number of nitrogens with one attached hydrogen (secondary N) is 1. The minimum absolute atomic E-state index is 0.0335. The van der Waals surface area contributed by atoms with E-state index in [0.717, 1.165) is 34.5 Å². The zero-order valence-corrected chi connectivity index (χ0v) is 25.1. The molecule has 2 heterocycles. The number of rotatable bonds is 11. The van der Waals surface area contributed by atoms with Gasteiger partial charge in [-0.3, -0.25) is 17.5 Å². The first kappa shape index (κ1) is 28.9. The fraction of sp³-hybridized carbons (Fsp3) is 0.538. The number of thioether (sulfide) groups is 1. The summed E-state index contributed by atoms with van der Waals surface area (Å²) in [6.07, 6.45) is 4.55. The summed E-state index contributed by atoms with van der Waals surface area (Å²) in [5.74, 6) is 0.615. The van der Waals surface area contributed by atoms with Gasteiger partial charge in [-0.25, -0.2) is 4.98 Å². The lowest BCUT2D eigenvalue weighted by molar-refractivity contribution is -0.143. The lowest BCUT2D eigenvalue weighted by Gasteiger charge is -2.31. The van der Waals surface area contributed by atoms with Crippen LogP contribution in [0.1, 0.15) is 50.8 Å². The van der Waals surface area contributed by atoms with E-state index in [9.17, 15) is 14.4 Å². The number of hydrogen-bond donors (Lipinski definition) is 1. The third kappa shape index (κ3) is 7.44. The Labute approximate surface area is 236 Å². The molecule has 1 aliphatic rings. The number of hydrogen-bond acceptors (Lipinski definition) is 6. The molecule has 0 unspecified atom stereocenters. The molecule has 1 aromatic carbocycles. The molecule has 0 aliphatic carbocycles. The van der Waals surface area contributed by atoms with Gasteiger partial charge in [-0.05, 0) is 49.5 Å². The highest BCUT2D eigenvalue weighted by Crippen LogP contribution is 2.27. The van der Waals surface area contributed by atoms with Gasteiger partial charge in [0.15, 0.2) is 0 Å². The van der Waals surface area contributed by atoms with Crippen LogP contribution in [0, 0.1) is 12.8 Å². The topological polar surface area (TPSA) is 82.6 Å². The van der Waals surface area contributed by atoms with Crippen LogP contribution in [0.4, 0.5) is 0 Å². The number of aromatic nitrogens is 1. The number of benzene rings is 1. The first-order valence-electron chi connectivity index (χ1n) is 12.3. The predicted octanol–water partition coefficient (Wildman–Crippen LogP) is 5.07. The van der Waals surface area contributed by atoms with Crippen molar-refractivity contribution < 1.29 is 14.4 Å². The third-order valence-electron chi connectivity index (χ3n) is 6.32. The molecule has 196 valence electrons. The summed E-state index contributed by atoms with van der Waals surface area (Å²) < 4.78 is 1.55. The molecule has 10 heteroatoms. The van der Waals surface area contributed by atoms with E-state index in [1.807, 2.05) is 65.8 Å². The van der Waals surface area contributed by atoms with Gasteiger partial charge in [0.2, 0.25) is 17.7 Å². The summed E-state index contributed by atoms with van der Waals surface area (Å²) in [6.45, 7) is 7.10. The summed E-state index contributed by atoms with van der Waals surface area (Å²) in [6, 6.07) is 7.04. The van der Waals surface area contributed by atoms with Crippen molar-refractivity contribution in [2.75, 3.05) is 18.6 Å². The standard InChI is InChI=1S/C26H35IN4O3S2/c1-17(2)7-12-23(32)31(27)22(15-35-4)26(34)30-13-5-6-21(30)25(33)28-14-19-8-10-20(11-9-19)24-18(3)29-16-36-24/h8-11,16-17,21-22H,5-7,12-15H2,1-4H3,(H,28,33)/t21-,22-/m0/s1. The van der Waals surface area contributed by atoms with Gasteiger partial charge in [-0.1, -0.05) is 38.1 Å². The number of nitrogens with zero attached hydrogens (tertiary/aromatic N) is 3. The minimum Gasteiger partial charge on any atom is -0.350 e. The molecule has 1 saturated heterocycles. The number of carbonyl (C=O) groups is 3. The minimum atomic E-state index is -0.573. The van der Waals surface area contributed by atoms with E-state index in [0.29, 0.717) is 37.6 Å². The number of halogens is 1. The summed E-state index contributed by atoms with van der Waals surface area (Å²) in [5, 5.41) is 3.02. The molecule has 1 fully saturated rings. The highest BCUT2D eigenvalue weighted by Gasteiger charge is 2.39. The monoisotopic (exact) mass is 642 g/mol. The molecular formula is C26H35IN4O3S2. The van der Waals surface area contributed by atoms with Crippen LogP contribution >= 0.6 is 46.0 Å². The maximum Gasteiger partial charge on any atom is 0.247 e. The van der Waals surface area contributed by atoms with Crippen LogP contribution in [-0.4, -0.2) is 61.4 Å². The molecule has 0 spiro atoms. The Hall–Kier alpha value is -1.66. The lowest BCUT2D eigenvalue weighted by Crippen LogP contribution is -2.53. The Kier molecular flexibility index (Phi) is 11.0. The van der Waals surface area contributed by atoms with E-state index in [-0.39, 0.29) is 17.7 Å². The first-order valence-corrected chi connectivity index (χ1v) is 15.5. The second-order valence-corrected chi connectivity index (χ2v) is 12.3. The van der Waals surface area contributed by atoms with E-state index in [4.69, 9.17) is 0 Å². The predicted molar refractivity (Wildman–Crippen MR) is 156 cm³/mol.